The summed E-state index contributed by atoms with van der Waals surface area (Å²) in [6.45, 7) is 4.50. The van der Waals surface area contributed by atoms with Gasteiger partial charge in [-0.2, -0.15) is 0 Å². The van der Waals surface area contributed by atoms with Gasteiger partial charge in [0.1, 0.15) is 0 Å². The Bertz CT molecular complexity index is 264. The molecule has 3 fully saturated rings. The Morgan fingerprint density at radius 1 is 0.895 bits per heavy atom. The molecule has 1 aliphatic carbocycles. The molecular weight excluding hydrogens is 242 g/mol. The molecule has 2 unspecified atom stereocenters. The molecule has 2 atom stereocenters. The highest BCUT2D eigenvalue weighted by Gasteiger charge is 2.28. The van der Waals surface area contributed by atoms with Crippen LogP contribution in [-0.4, -0.2) is 51.2 Å². The summed E-state index contributed by atoms with van der Waals surface area (Å²) < 4.78 is 17.2. The molecule has 110 valence electrons. The average molecular weight is 269 g/mol. The third-order valence-corrected chi connectivity index (χ3v) is 4.41. The van der Waals surface area contributed by atoms with E-state index >= 15 is 0 Å². The van der Waals surface area contributed by atoms with Crippen molar-refractivity contribution in [3.05, 3.63) is 0 Å². The third kappa shape index (κ3) is 4.71. The first-order chi connectivity index (χ1) is 9.40. The smallest absolute Gasteiger partial charge is 0.0813 e. The maximum Gasteiger partial charge on any atom is 0.0813 e. The largest absolute Gasteiger partial charge is 0.381 e. The predicted octanol–water partition coefficient (Wildman–Crippen LogP) is 1.73. The van der Waals surface area contributed by atoms with Gasteiger partial charge in [-0.15, -0.1) is 0 Å². The standard InChI is InChI=1S/C15H27NO3/c1-2-13(1)16-9-14-3-4-15(19-14)11-18-10-12-5-7-17-8-6-12/h12-16H,1-11H2. The molecule has 4 nitrogen and oxygen atoms in total. The zero-order chi connectivity index (χ0) is 12.9. The van der Waals surface area contributed by atoms with E-state index in [2.05, 4.69) is 5.32 Å². The molecule has 0 bridgehead atoms. The molecule has 3 aliphatic rings. The van der Waals surface area contributed by atoms with Crippen LogP contribution in [0.1, 0.15) is 38.5 Å². The van der Waals surface area contributed by atoms with Crippen molar-refractivity contribution in [3.8, 4) is 0 Å². The van der Waals surface area contributed by atoms with Gasteiger partial charge in [0.25, 0.3) is 0 Å². The minimum absolute atomic E-state index is 0.325. The van der Waals surface area contributed by atoms with E-state index in [1.54, 1.807) is 0 Å². The molecule has 19 heavy (non-hydrogen) atoms. The first-order valence-corrected chi connectivity index (χ1v) is 7.94. The van der Waals surface area contributed by atoms with E-state index in [9.17, 15) is 0 Å². The van der Waals surface area contributed by atoms with Gasteiger partial charge in [0.15, 0.2) is 0 Å². The molecule has 1 N–H and O–H groups in total. The van der Waals surface area contributed by atoms with Gasteiger partial charge in [0.05, 0.1) is 18.8 Å². The van der Waals surface area contributed by atoms with Gasteiger partial charge >= 0.3 is 0 Å². The lowest BCUT2D eigenvalue weighted by molar-refractivity contribution is -0.0346. The molecule has 0 spiro atoms. The highest BCUT2D eigenvalue weighted by Crippen LogP contribution is 2.23. The Morgan fingerprint density at radius 2 is 1.68 bits per heavy atom. The Labute approximate surface area is 116 Å². The summed E-state index contributed by atoms with van der Waals surface area (Å²) in [7, 11) is 0. The zero-order valence-corrected chi connectivity index (χ0v) is 11.8. The fourth-order valence-corrected chi connectivity index (χ4v) is 2.92. The van der Waals surface area contributed by atoms with Crippen LogP contribution in [0.5, 0.6) is 0 Å². The normalized spacial score (nSPS) is 32.8. The van der Waals surface area contributed by atoms with Crippen LogP contribution in [0.4, 0.5) is 0 Å². The van der Waals surface area contributed by atoms with Crippen molar-refractivity contribution in [2.24, 2.45) is 5.92 Å². The Kier molecular flexibility index (Phi) is 5.10. The molecule has 4 heteroatoms. The maximum atomic E-state index is 6.02. The summed E-state index contributed by atoms with van der Waals surface area (Å²) in [4.78, 5) is 0. The topological polar surface area (TPSA) is 39.7 Å². The zero-order valence-electron chi connectivity index (χ0n) is 11.8. The number of rotatable bonds is 7. The summed E-state index contributed by atoms with van der Waals surface area (Å²) in [5, 5.41) is 3.55. The van der Waals surface area contributed by atoms with Crippen LogP contribution < -0.4 is 5.32 Å². The van der Waals surface area contributed by atoms with Crippen LogP contribution in [0.3, 0.4) is 0 Å². The quantitative estimate of drug-likeness (QED) is 0.764. The number of nitrogens with one attached hydrogen (secondary N) is 1. The number of hydrogen-bond acceptors (Lipinski definition) is 4. The second kappa shape index (κ2) is 7.02. The lowest BCUT2D eigenvalue weighted by Gasteiger charge is -2.22. The molecule has 0 aromatic rings. The molecule has 0 amide bonds. The van der Waals surface area contributed by atoms with Crippen LogP contribution in [-0.2, 0) is 14.2 Å². The first kappa shape index (κ1) is 13.8. The van der Waals surface area contributed by atoms with E-state index in [0.29, 0.717) is 18.1 Å². The van der Waals surface area contributed by atoms with E-state index < -0.39 is 0 Å². The van der Waals surface area contributed by atoms with Gasteiger partial charge in [-0.25, -0.2) is 0 Å². The molecule has 0 aromatic heterocycles. The van der Waals surface area contributed by atoms with Crippen LogP contribution in [0.25, 0.3) is 0 Å². The number of hydrogen-bond donors (Lipinski definition) is 1. The molecular formula is C15H27NO3. The van der Waals surface area contributed by atoms with E-state index in [1.807, 2.05) is 0 Å². The molecule has 1 saturated carbocycles. The van der Waals surface area contributed by atoms with Crippen molar-refractivity contribution >= 4 is 0 Å². The molecule has 2 saturated heterocycles. The Balaban J connectivity index is 1.24. The Morgan fingerprint density at radius 3 is 2.47 bits per heavy atom. The van der Waals surface area contributed by atoms with Gasteiger partial charge in [-0.1, -0.05) is 0 Å². The highest BCUT2D eigenvalue weighted by atomic mass is 16.5. The maximum absolute atomic E-state index is 6.02. The first-order valence-electron chi connectivity index (χ1n) is 7.94. The van der Waals surface area contributed by atoms with Gasteiger partial charge in [-0.05, 0) is 44.4 Å². The van der Waals surface area contributed by atoms with Gasteiger partial charge in [-0.3, -0.25) is 0 Å². The van der Waals surface area contributed by atoms with Gasteiger partial charge in [0, 0.05) is 32.4 Å². The van der Waals surface area contributed by atoms with Crippen molar-refractivity contribution in [2.75, 3.05) is 33.0 Å². The van der Waals surface area contributed by atoms with Crippen LogP contribution in [0, 0.1) is 5.92 Å². The molecule has 0 radical (unpaired) electrons. The minimum Gasteiger partial charge on any atom is -0.381 e. The monoisotopic (exact) mass is 269 g/mol. The van der Waals surface area contributed by atoms with E-state index in [0.717, 1.165) is 58.3 Å². The molecule has 3 rings (SSSR count). The van der Waals surface area contributed by atoms with Crippen LogP contribution >= 0.6 is 0 Å². The molecule has 2 heterocycles. The van der Waals surface area contributed by atoms with E-state index in [4.69, 9.17) is 14.2 Å². The summed E-state index contributed by atoms with van der Waals surface area (Å²) >= 11 is 0. The summed E-state index contributed by atoms with van der Waals surface area (Å²) in [5.41, 5.74) is 0. The SMILES string of the molecule is C1CC(COCC2CCC(CNC3CC3)O2)CCO1. The second-order valence-corrected chi connectivity index (χ2v) is 6.23. The predicted molar refractivity (Wildman–Crippen MR) is 73.3 cm³/mol. The summed E-state index contributed by atoms with van der Waals surface area (Å²) in [6, 6.07) is 0.785. The van der Waals surface area contributed by atoms with Gasteiger partial charge in [0.2, 0.25) is 0 Å². The van der Waals surface area contributed by atoms with E-state index in [1.165, 1.54) is 19.3 Å². The Hall–Kier alpha value is -0.160. The minimum atomic E-state index is 0.325. The fourth-order valence-electron chi connectivity index (χ4n) is 2.92. The van der Waals surface area contributed by atoms with E-state index in [-0.39, 0.29) is 0 Å². The van der Waals surface area contributed by atoms with Crippen LogP contribution in [0.2, 0.25) is 0 Å². The van der Waals surface area contributed by atoms with Gasteiger partial charge < -0.3 is 19.5 Å². The summed E-state index contributed by atoms with van der Waals surface area (Å²) in [6.07, 6.45) is 8.09. The van der Waals surface area contributed by atoms with Crippen molar-refractivity contribution in [3.63, 3.8) is 0 Å². The molecule has 2 aliphatic heterocycles. The van der Waals surface area contributed by atoms with Crippen molar-refractivity contribution in [1.82, 2.24) is 5.32 Å². The van der Waals surface area contributed by atoms with Crippen LogP contribution in [0.15, 0.2) is 0 Å². The number of ether oxygens (including phenoxy) is 3. The summed E-state index contributed by atoms with van der Waals surface area (Å²) in [5.74, 6) is 0.697. The third-order valence-electron chi connectivity index (χ3n) is 4.41. The van der Waals surface area contributed by atoms with Crippen molar-refractivity contribution < 1.29 is 14.2 Å². The average Bonchev–Trinajstić information content (AvgIpc) is 3.17. The second-order valence-electron chi connectivity index (χ2n) is 6.23. The lowest BCUT2D eigenvalue weighted by Crippen LogP contribution is -2.29. The lowest BCUT2D eigenvalue weighted by atomic mass is 10.0. The molecule has 0 aromatic carbocycles. The van der Waals surface area contributed by atoms with Crippen molar-refractivity contribution in [2.45, 2.75) is 56.8 Å². The highest BCUT2D eigenvalue weighted by molar-refractivity contribution is 4.84. The van der Waals surface area contributed by atoms with Crippen molar-refractivity contribution in [1.29, 1.82) is 0 Å². The fraction of sp³-hybridized carbons (Fsp3) is 1.00.